The van der Waals surface area contributed by atoms with Gasteiger partial charge in [0.1, 0.15) is 5.01 Å². The van der Waals surface area contributed by atoms with Gasteiger partial charge in [-0.05, 0) is 31.6 Å². The molecule has 2 N–H and O–H groups in total. The van der Waals surface area contributed by atoms with Crippen LogP contribution in [0.25, 0.3) is 0 Å². The molecule has 4 atom stereocenters. The Morgan fingerprint density at radius 3 is 2.50 bits per heavy atom. The Hall–Kier alpha value is -1.49. The number of thiazole rings is 1. The van der Waals surface area contributed by atoms with Gasteiger partial charge < -0.3 is 10.6 Å². The average Bonchev–Trinajstić information content (AvgIpc) is 3.42. The van der Waals surface area contributed by atoms with Crippen molar-refractivity contribution >= 4 is 53.1 Å². The fourth-order valence-corrected chi connectivity index (χ4v) is 5.22. The van der Waals surface area contributed by atoms with Crippen molar-refractivity contribution in [1.82, 2.24) is 20.5 Å². The SMILES string of the molecule is CN=C(NCCCN1C(=O)C2C3C=CC(C3)C2C1=O)NCc1ncc(C)s1.I. The van der Waals surface area contributed by atoms with E-state index >= 15 is 0 Å². The van der Waals surface area contributed by atoms with E-state index in [1.54, 1.807) is 18.4 Å². The number of amides is 2. The minimum Gasteiger partial charge on any atom is -0.356 e. The highest BCUT2D eigenvalue weighted by molar-refractivity contribution is 14.0. The lowest BCUT2D eigenvalue weighted by molar-refractivity contribution is -0.140. The number of nitrogens with one attached hydrogen (secondary N) is 2. The number of nitrogens with zero attached hydrogens (tertiary/aromatic N) is 3. The molecule has 2 bridgehead atoms. The zero-order valence-electron chi connectivity index (χ0n) is 16.1. The number of carbonyl (C=O) groups is 2. The molecule has 2 amide bonds. The van der Waals surface area contributed by atoms with Crippen LogP contribution < -0.4 is 10.6 Å². The molecule has 0 radical (unpaired) electrons. The summed E-state index contributed by atoms with van der Waals surface area (Å²) in [5, 5.41) is 7.48. The summed E-state index contributed by atoms with van der Waals surface area (Å²) < 4.78 is 0. The molecule has 0 spiro atoms. The number of aromatic nitrogens is 1. The lowest BCUT2D eigenvalue weighted by Gasteiger charge is -2.17. The third-order valence-electron chi connectivity index (χ3n) is 5.71. The summed E-state index contributed by atoms with van der Waals surface area (Å²) in [6.07, 6.45) is 7.79. The van der Waals surface area contributed by atoms with Gasteiger partial charge in [-0.15, -0.1) is 35.3 Å². The van der Waals surface area contributed by atoms with Gasteiger partial charge in [-0.25, -0.2) is 4.98 Å². The van der Waals surface area contributed by atoms with Crippen LogP contribution >= 0.6 is 35.3 Å². The number of aryl methyl sites for hydroxylation is 1. The Morgan fingerprint density at radius 2 is 1.93 bits per heavy atom. The predicted octanol–water partition coefficient (Wildman–Crippen LogP) is 1.93. The van der Waals surface area contributed by atoms with Crippen molar-refractivity contribution in [2.45, 2.75) is 26.3 Å². The lowest BCUT2D eigenvalue weighted by Crippen LogP contribution is -2.39. The highest BCUT2D eigenvalue weighted by atomic mass is 127. The van der Waals surface area contributed by atoms with Crippen LogP contribution in [0.3, 0.4) is 0 Å². The van der Waals surface area contributed by atoms with E-state index < -0.39 is 0 Å². The lowest BCUT2D eigenvalue weighted by atomic mass is 9.85. The molecule has 4 rings (SSSR count). The first kappa shape index (κ1) is 21.2. The van der Waals surface area contributed by atoms with E-state index in [0.717, 1.165) is 11.4 Å². The smallest absolute Gasteiger partial charge is 0.233 e. The molecule has 9 heteroatoms. The first-order valence-electron chi connectivity index (χ1n) is 9.48. The maximum Gasteiger partial charge on any atom is 0.233 e. The van der Waals surface area contributed by atoms with Gasteiger partial charge in [-0.2, -0.15) is 0 Å². The number of hydrogen-bond acceptors (Lipinski definition) is 5. The Bertz CT molecular complexity index is 778. The second-order valence-corrected chi connectivity index (χ2v) is 8.72. The second kappa shape index (κ2) is 8.89. The van der Waals surface area contributed by atoms with E-state index in [9.17, 15) is 9.59 Å². The van der Waals surface area contributed by atoms with Gasteiger partial charge in [0.2, 0.25) is 11.8 Å². The van der Waals surface area contributed by atoms with E-state index in [4.69, 9.17) is 0 Å². The number of hydrogen-bond donors (Lipinski definition) is 2. The van der Waals surface area contributed by atoms with Crippen LogP contribution in [-0.2, 0) is 16.1 Å². The van der Waals surface area contributed by atoms with E-state index in [1.165, 1.54) is 9.78 Å². The van der Waals surface area contributed by atoms with E-state index in [-0.39, 0.29) is 59.5 Å². The molecular formula is C19H26IN5O2S. The number of allylic oxidation sites excluding steroid dienone is 2. The van der Waals surface area contributed by atoms with Crippen LogP contribution in [0.2, 0.25) is 0 Å². The number of fused-ring (bicyclic) bond motifs is 5. The molecule has 3 aliphatic rings. The largest absolute Gasteiger partial charge is 0.356 e. The Kier molecular flexibility index (Phi) is 6.74. The molecule has 2 aliphatic carbocycles. The number of aliphatic imine (C=N–C) groups is 1. The number of likely N-dealkylation sites (tertiary alicyclic amines) is 1. The van der Waals surface area contributed by atoms with E-state index in [1.807, 2.05) is 13.1 Å². The highest BCUT2D eigenvalue weighted by Crippen LogP contribution is 2.52. The van der Waals surface area contributed by atoms with Gasteiger partial charge in [-0.3, -0.25) is 19.5 Å². The summed E-state index contributed by atoms with van der Waals surface area (Å²) in [4.78, 5) is 36.5. The van der Waals surface area contributed by atoms with Crippen molar-refractivity contribution in [3.8, 4) is 0 Å². The summed E-state index contributed by atoms with van der Waals surface area (Å²) in [6.45, 7) is 3.78. The molecule has 28 heavy (non-hydrogen) atoms. The van der Waals surface area contributed by atoms with Crippen LogP contribution in [0, 0.1) is 30.6 Å². The summed E-state index contributed by atoms with van der Waals surface area (Å²) in [6, 6.07) is 0. The molecular weight excluding hydrogens is 489 g/mol. The number of guanidine groups is 1. The van der Waals surface area contributed by atoms with Crippen molar-refractivity contribution in [2.75, 3.05) is 20.1 Å². The van der Waals surface area contributed by atoms with Crippen LogP contribution in [0.5, 0.6) is 0 Å². The number of imide groups is 1. The monoisotopic (exact) mass is 515 g/mol. The predicted molar refractivity (Wildman–Crippen MR) is 120 cm³/mol. The summed E-state index contributed by atoms with van der Waals surface area (Å²) in [7, 11) is 1.72. The Labute approximate surface area is 186 Å². The van der Waals surface area contributed by atoms with Crippen LogP contribution in [0.4, 0.5) is 0 Å². The fourth-order valence-electron chi connectivity index (χ4n) is 4.49. The Balaban J connectivity index is 0.00000225. The fraction of sp³-hybridized carbons (Fsp3) is 0.579. The van der Waals surface area contributed by atoms with Gasteiger partial charge in [-0.1, -0.05) is 12.2 Å². The molecule has 1 aromatic heterocycles. The van der Waals surface area contributed by atoms with Gasteiger partial charge in [0.15, 0.2) is 5.96 Å². The van der Waals surface area contributed by atoms with Gasteiger partial charge in [0.25, 0.3) is 0 Å². The quantitative estimate of drug-likeness (QED) is 0.151. The zero-order valence-corrected chi connectivity index (χ0v) is 19.2. The molecule has 2 heterocycles. The Morgan fingerprint density at radius 1 is 1.25 bits per heavy atom. The van der Waals surface area contributed by atoms with Gasteiger partial charge >= 0.3 is 0 Å². The van der Waals surface area contributed by atoms with E-state index in [2.05, 4.69) is 32.8 Å². The van der Waals surface area contributed by atoms with Crippen molar-refractivity contribution in [1.29, 1.82) is 0 Å². The summed E-state index contributed by atoms with van der Waals surface area (Å²) in [5.74, 6) is 1.11. The average molecular weight is 515 g/mol. The second-order valence-electron chi connectivity index (χ2n) is 7.40. The first-order valence-corrected chi connectivity index (χ1v) is 10.3. The molecule has 0 aromatic carbocycles. The minimum absolute atomic E-state index is 0. The first-order chi connectivity index (χ1) is 13.1. The number of carbonyl (C=O) groups excluding carboxylic acids is 2. The standard InChI is InChI=1S/C19H25N5O2S.HI/c1-11-9-22-14(27-11)10-23-19(20-2)21-6-3-7-24-17(25)15-12-4-5-13(8-12)16(15)18(24)26;/h4-5,9,12-13,15-16H,3,6-8,10H2,1-2H3,(H2,20,21,23);1H. The summed E-state index contributed by atoms with van der Waals surface area (Å²) in [5.41, 5.74) is 0. The summed E-state index contributed by atoms with van der Waals surface area (Å²) >= 11 is 1.66. The van der Waals surface area contributed by atoms with Crippen molar-refractivity contribution in [2.24, 2.45) is 28.7 Å². The number of rotatable bonds is 6. The van der Waals surface area contributed by atoms with Crippen LogP contribution in [0.1, 0.15) is 22.7 Å². The molecule has 4 unspecified atom stereocenters. The van der Waals surface area contributed by atoms with Crippen LogP contribution in [0.15, 0.2) is 23.3 Å². The minimum atomic E-state index is -0.100. The third-order valence-corrected chi connectivity index (χ3v) is 6.63. The van der Waals surface area contributed by atoms with Gasteiger partial charge in [0.05, 0.1) is 18.4 Å². The van der Waals surface area contributed by atoms with Gasteiger partial charge in [0, 0.05) is 31.2 Å². The zero-order chi connectivity index (χ0) is 19.0. The molecule has 2 fully saturated rings. The molecule has 1 aromatic rings. The molecule has 152 valence electrons. The van der Waals surface area contributed by atoms with E-state index in [0.29, 0.717) is 32.0 Å². The van der Waals surface area contributed by atoms with Crippen LogP contribution in [-0.4, -0.2) is 47.8 Å². The normalized spacial score (nSPS) is 27.9. The maximum absolute atomic E-state index is 12.6. The third kappa shape index (κ3) is 3.96. The maximum atomic E-state index is 12.6. The molecule has 7 nitrogen and oxygen atoms in total. The molecule has 1 saturated heterocycles. The number of halogens is 1. The van der Waals surface area contributed by atoms with Crippen molar-refractivity contribution in [3.63, 3.8) is 0 Å². The highest BCUT2D eigenvalue weighted by Gasteiger charge is 2.58. The van der Waals surface area contributed by atoms with Crippen molar-refractivity contribution < 1.29 is 9.59 Å². The van der Waals surface area contributed by atoms with Crippen molar-refractivity contribution in [3.05, 3.63) is 28.2 Å². The topological polar surface area (TPSA) is 86.7 Å². The molecule has 1 saturated carbocycles. The molecule has 1 aliphatic heterocycles.